The van der Waals surface area contributed by atoms with Crippen molar-refractivity contribution in [1.29, 1.82) is 0 Å². The second kappa shape index (κ2) is 7.90. The molecule has 0 bridgehead atoms. The van der Waals surface area contributed by atoms with Crippen molar-refractivity contribution in [1.82, 2.24) is 15.0 Å². The standard InChI is InChI=1S/C20H22N4O3/c1-13(15-10-9-14(26-3)11-18(15)27-4)22-23-20(25)12-19-21-16-7-5-6-8-17(16)24(19)2/h5-11H,12H2,1-4H3,(H,23,25)/b22-13+. The van der Waals surface area contributed by atoms with E-state index in [1.165, 1.54) is 0 Å². The Balaban J connectivity index is 1.73. The van der Waals surface area contributed by atoms with Crippen molar-refractivity contribution >= 4 is 22.7 Å². The third-order valence-electron chi connectivity index (χ3n) is 4.35. The van der Waals surface area contributed by atoms with E-state index >= 15 is 0 Å². The Bertz CT molecular complexity index is 1010. The van der Waals surface area contributed by atoms with Gasteiger partial charge in [0.05, 0.1) is 37.4 Å². The number of benzene rings is 2. The maximum absolute atomic E-state index is 12.3. The third-order valence-corrected chi connectivity index (χ3v) is 4.35. The van der Waals surface area contributed by atoms with E-state index in [0.29, 0.717) is 23.0 Å². The van der Waals surface area contributed by atoms with Gasteiger partial charge in [-0.1, -0.05) is 12.1 Å². The first kappa shape index (κ1) is 18.4. The van der Waals surface area contributed by atoms with Crippen LogP contribution in [0.15, 0.2) is 47.6 Å². The largest absolute Gasteiger partial charge is 0.497 e. The van der Waals surface area contributed by atoms with Crippen LogP contribution in [0.4, 0.5) is 0 Å². The molecule has 0 unspecified atom stereocenters. The van der Waals surface area contributed by atoms with Crippen LogP contribution >= 0.6 is 0 Å². The number of imidazole rings is 1. The maximum atomic E-state index is 12.3. The predicted molar refractivity (Wildman–Crippen MR) is 104 cm³/mol. The number of aromatic nitrogens is 2. The van der Waals surface area contributed by atoms with Gasteiger partial charge in [-0.2, -0.15) is 5.10 Å². The molecule has 1 N–H and O–H groups in total. The summed E-state index contributed by atoms with van der Waals surface area (Å²) in [5.74, 6) is 1.76. The third kappa shape index (κ3) is 3.92. The Morgan fingerprint density at radius 3 is 2.67 bits per heavy atom. The van der Waals surface area contributed by atoms with Crippen molar-refractivity contribution in [2.75, 3.05) is 14.2 Å². The highest BCUT2D eigenvalue weighted by molar-refractivity contribution is 6.01. The molecule has 0 radical (unpaired) electrons. The number of carbonyl (C=O) groups is 1. The van der Waals surface area contributed by atoms with Gasteiger partial charge in [-0.25, -0.2) is 10.4 Å². The number of amides is 1. The van der Waals surface area contributed by atoms with Gasteiger partial charge in [0.2, 0.25) is 5.91 Å². The Hall–Kier alpha value is -3.35. The fourth-order valence-corrected chi connectivity index (χ4v) is 2.84. The highest BCUT2D eigenvalue weighted by atomic mass is 16.5. The molecule has 0 aliphatic heterocycles. The zero-order chi connectivity index (χ0) is 19.4. The molecule has 2 aromatic carbocycles. The molecule has 7 nitrogen and oxygen atoms in total. The van der Waals surface area contributed by atoms with E-state index in [1.807, 2.05) is 48.0 Å². The average Bonchev–Trinajstić information content (AvgIpc) is 3.01. The van der Waals surface area contributed by atoms with Gasteiger partial charge in [0, 0.05) is 18.7 Å². The van der Waals surface area contributed by atoms with Crippen LogP contribution in [-0.4, -0.2) is 35.4 Å². The molecule has 0 aliphatic rings. The monoisotopic (exact) mass is 366 g/mol. The molecule has 0 spiro atoms. The van der Waals surface area contributed by atoms with Crippen molar-refractivity contribution in [3.63, 3.8) is 0 Å². The number of nitrogens with one attached hydrogen (secondary N) is 1. The van der Waals surface area contributed by atoms with Crippen molar-refractivity contribution < 1.29 is 14.3 Å². The SMILES string of the molecule is COc1ccc(/C(C)=N/NC(=O)Cc2nc3ccccc3n2C)c(OC)c1. The van der Waals surface area contributed by atoms with Gasteiger partial charge in [0.15, 0.2) is 0 Å². The summed E-state index contributed by atoms with van der Waals surface area (Å²) in [5.41, 5.74) is 5.86. The summed E-state index contributed by atoms with van der Waals surface area (Å²) in [7, 11) is 5.07. The number of hydrogen-bond acceptors (Lipinski definition) is 5. The number of hydrogen-bond donors (Lipinski definition) is 1. The molecule has 27 heavy (non-hydrogen) atoms. The molecule has 0 fully saturated rings. The lowest BCUT2D eigenvalue weighted by Crippen LogP contribution is -2.22. The van der Waals surface area contributed by atoms with Crippen LogP contribution in [0, 0.1) is 0 Å². The maximum Gasteiger partial charge on any atom is 0.247 e. The fraction of sp³-hybridized carbons (Fsp3) is 0.250. The van der Waals surface area contributed by atoms with E-state index in [4.69, 9.17) is 9.47 Å². The van der Waals surface area contributed by atoms with Gasteiger partial charge >= 0.3 is 0 Å². The number of rotatable bonds is 6. The number of aryl methyl sites for hydroxylation is 1. The number of carbonyl (C=O) groups excluding carboxylic acids is 1. The Labute approximate surface area is 157 Å². The van der Waals surface area contributed by atoms with Gasteiger partial charge < -0.3 is 14.0 Å². The predicted octanol–water partition coefficient (Wildman–Crippen LogP) is 2.67. The van der Waals surface area contributed by atoms with Crippen LogP contribution in [0.5, 0.6) is 11.5 Å². The molecule has 1 aromatic heterocycles. The Morgan fingerprint density at radius 2 is 1.96 bits per heavy atom. The summed E-state index contributed by atoms with van der Waals surface area (Å²) < 4.78 is 12.5. The number of para-hydroxylation sites is 2. The quantitative estimate of drug-likeness (QED) is 0.537. The molecular formula is C20H22N4O3. The first-order chi connectivity index (χ1) is 13.0. The topological polar surface area (TPSA) is 77.7 Å². The van der Waals surface area contributed by atoms with Crippen LogP contribution in [0.2, 0.25) is 0 Å². The molecule has 0 saturated heterocycles. The van der Waals surface area contributed by atoms with Crippen LogP contribution in [0.1, 0.15) is 18.3 Å². The molecule has 0 aliphatic carbocycles. The van der Waals surface area contributed by atoms with Crippen LogP contribution < -0.4 is 14.9 Å². The first-order valence-corrected chi connectivity index (χ1v) is 8.49. The van der Waals surface area contributed by atoms with E-state index in [0.717, 1.165) is 16.6 Å². The lowest BCUT2D eigenvalue weighted by molar-refractivity contribution is -0.120. The molecule has 3 rings (SSSR count). The van der Waals surface area contributed by atoms with Gasteiger partial charge in [0.1, 0.15) is 17.3 Å². The molecule has 1 amide bonds. The minimum atomic E-state index is -0.236. The molecule has 0 atom stereocenters. The minimum Gasteiger partial charge on any atom is -0.497 e. The van der Waals surface area contributed by atoms with Crippen molar-refractivity contribution in [2.45, 2.75) is 13.3 Å². The van der Waals surface area contributed by atoms with Crippen molar-refractivity contribution in [2.24, 2.45) is 12.1 Å². The fourth-order valence-electron chi connectivity index (χ4n) is 2.84. The molecule has 140 valence electrons. The van der Waals surface area contributed by atoms with Crippen molar-refractivity contribution in [3.05, 3.63) is 53.9 Å². The van der Waals surface area contributed by atoms with E-state index in [-0.39, 0.29) is 12.3 Å². The van der Waals surface area contributed by atoms with Crippen molar-refractivity contribution in [3.8, 4) is 11.5 Å². The lowest BCUT2D eigenvalue weighted by Gasteiger charge is -2.10. The molecular weight excluding hydrogens is 344 g/mol. The summed E-state index contributed by atoms with van der Waals surface area (Å²) >= 11 is 0. The van der Waals surface area contributed by atoms with Gasteiger partial charge in [-0.15, -0.1) is 0 Å². The number of fused-ring (bicyclic) bond motifs is 1. The second-order valence-electron chi connectivity index (χ2n) is 6.05. The molecule has 1 heterocycles. The van der Waals surface area contributed by atoms with Gasteiger partial charge in [-0.3, -0.25) is 4.79 Å². The van der Waals surface area contributed by atoms with E-state index in [2.05, 4.69) is 15.5 Å². The Morgan fingerprint density at radius 1 is 1.19 bits per heavy atom. The summed E-state index contributed by atoms with van der Waals surface area (Å²) in [6.07, 6.45) is 0.141. The minimum absolute atomic E-state index is 0.141. The zero-order valence-electron chi connectivity index (χ0n) is 15.8. The van der Waals surface area contributed by atoms with E-state index in [1.54, 1.807) is 27.2 Å². The normalized spacial score (nSPS) is 11.5. The average molecular weight is 366 g/mol. The second-order valence-corrected chi connectivity index (χ2v) is 6.05. The lowest BCUT2D eigenvalue weighted by atomic mass is 10.1. The van der Waals surface area contributed by atoms with E-state index < -0.39 is 0 Å². The van der Waals surface area contributed by atoms with Crippen LogP contribution in [0.25, 0.3) is 11.0 Å². The number of ether oxygens (including phenoxy) is 2. The van der Waals surface area contributed by atoms with Gasteiger partial charge in [0.25, 0.3) is 0 Å². The smallest absolute Gasteiger partial charge is 0.247 e. The summed E-state index contributed by atoms with van der Waals surface area (Å²) in [4.78, 5) is 16.8. The van der Waals surface area contributed by atoms with Crippen LogP contribution in [0.3, 0.4) is 0 Å². The molecule has 0 saturated carbocycles. The summed E-state index contributed by atoms with van der Waals surface area (Å²) in [6.45, 7) is 1.81. The summed E-state index contributed by atoms with van der Waals surface area (Å²) in [5, 5.41) is 4.20. The van der Waals surface area contributed by atoms with Crippen LogP contribution in [-0.2, 0) is 18.3 Å². The number of methoxy groups -OCH3 is 2. The molecule has 3 aromatic rings. The summed E-state index contributed by atoms with van der Waals surface area (Å²) in [6, 6.07) is 13.2. The highest BCUT2D eigenvalue weighted by Gasteiger charge is 2.12. The number of hydrazone groups is 1. The molecule has 7 heteroatoms. The first-order valence-electron chi connectivity index (χ1n) is 8.49. The Kier molecular flexibility index (Phi) is 5.40. The number of nitrogens with zero attached hydrogens (tertiary/aromatic N) is 3. The zero-order valence-corrected chi connectivity index (χ0v) is 15.8. The van der Waals surface area contributed by atoms with Gasteiger partial charge in [-0.05, 0) is 31.2 Å². The van der Waals surface area contributed by atoms with E-state index in [9.17, 15) is 4.79 Å². The highest BCUT2D eigenvalue weighted by Crippen LogP contribution is 2.25.